The van der Waals surface area contributed by atoms with Crippen LogP contribution in [0.1, 0.15) is 26.3 Å². The number of carbonyl (C=O) groups is 2. The van der Waals surface area contributed by atoms with E-state index >= 15 is 0 Å². The lowest BCUT2D eigenvalue weighted by molar-refractivity contribution is -0.139. The Hall–Kier alpha value is -2.35. The molecule has 1 aromatic carbocycles. The minimum atomic E-state index is -1.14. The zero-order chi connectivity index (χ0) is 18.6. The third-order valence-electron chi connectivity index (χ3n) is 3.26. The zero-order valence-corrected chi connectivity index (χ0v) is 15.8. The molecule has 0 bridgehead atoms. The van der Waals surface area contributed by atoms with Crippen LogP contribution in [-0.4, -0.2) is 39.0 Å². The van der Waals surface area contributed by atoms with Crippen LogP contribution in [-0.2, 0) is 16.0 Å². The molecule has 0 saturated heterocycles. The summed E-state index contributed by atoms with van der Waals surface area (Å²) in [5.74, 6) is -1.14. The van der Waals surface area contributed by atoms with Crippen molar-refractivity contribution in [1.29, 1.82) is 0 Å². The molecule has 0 saturated carbocycles. The SMILES string of the molecule is CC(C)(C)OC(=O)NC(Cc1cn[nH]c1-c1ccc(Br)cc1)C(=O)O. The van der Waals surface area contributed by atoms with Gasteiger partial charge in [-0.3, -0.25) is 5.10 Å². The van der Waals surface area contributed by atoms with Crippen LogP contribution in [0.2, 0.25) is 0 Å². The number of hydrogen-bond donors (Lipinski definition) is 3. The molecule has 2 rings (SSSR count). The lowest BCUT2D eigenvalue weighted by Gasteiger charge is -2.22. The normalized spacial score (nSPS) is 12.5. The monoisotopic (exact) mass is 409 g/mol. The molecule has 8 heteroatoms. The Morgan fingerprint density at radius 3 is 2.52 bits per heavy atom. The highest BCUT2D eigenvalue weighted by atomic mass is 79.9. The number of aromatic nitrogens is 2. The highest BCUT2D eigenvalue weighted by Gasteiger charge is 2.25. The van der Waals surface area contributed by atoms with Crippen LogP contribution in [0.15, 0.2) is 34.9 Å². The second-order valence-corrected chi connectivity index (χ2v) is 7.43. The van der Waals surface area contributed by atoms with Gasteiger partial charge in [-0.1, -0.05) is 28.1 Å². The van der Waals surface area contributed by atoms with Gasteiger partial charge in [0.2, 0.25) is 0 Å². The van der Waals surface area contributed by atoms with E-state index in [1.54, 1.807) is 27.0 Å². The van der Waals surface area contributed by atoms with Crippen LogP contribution in [0.5, 0.6) is 0 Å². The molecule has 1 heterocycles. The molecular weight excluding hydrogens is 390 g/mol. The van der Waals surface area contributed by atoms with E-state index in [-0.39, 0.29) is 6.42 Å². The van der Waals surface area contributed by atoms with Crippen LogP contribution in [0.25, 0.3) is 11.3 Å². The Kier molecular flexibility index (Phi) is 5.84. The smallest absolute Gasteiger partial charge is 0.408 e. The highest BCUT2D eigenvalue weighted by Crippen LogP contribution is 2.24. The van der Waals surface area contributed by atoms with Gasteiger partial charge in [-0.2, -0.15) is 5.10 Å². The first-order valence-corrected chi connectivity index (χ1v) is 8.45. The van der Waals surface area contributed by atoms with Crippen molar-refractivity contribution in [3.63, 3.8) is 0 Å². The maximum atomic E-state index is 11.9. The molecule has 1 amide bonds. The summed E-state index contributed by atoms with van der Waals surface area (Å²) in [6.07, 6.45) is 0.870. The fourth-order valence-corrected chi connectivity index (χ4v) is 2.47. The molecule has 1 aromatic heterocycles. The van der Waals surface area contributed by atoms with Gasteiger partial charge in [0.05, 0.1) is 11.9 Å². The van der Waals surface area contributed by atoms with E-state index in [9.17, 15) is 14.7 Å². The Labute approximate surface area is 153 Å². The number of aromatic amines is 1. The maximum Gasteiger partial charge on any atom is 0.408 e. The molecule has 25 heavy (non-hydrogen) atoms. The van der Waals surface area contributed by atoms with E-state index < -0.39 is 23.7 Å². The predicted octanol–water partition coefficient (Wildman–Crippen LogP) is 3.36. The van der Waals surface area contributed by atoms with E-state index in [0.717, 1.165) is 10.0 Å². The first-order valence-electron chi connectivity index (χ1n) is 7.66. The number of hydrogen-bond acceptors (Lipinski definition) is 4. The van der Waals surface area contributed by atoms with E-state index in [1.165, 1.54) is 0 Å². The van der Waals surface area contributed by atoms with Crippen molar-refractivity contribution in [2.75, 3.05) is 0 Å². The van der Waals surface area contributed by atoms with Gasteiger partial charge >= 0.3 is 12.1 Å². The number of alkyl carbamates (subject to hydrolysis) is 1. The van der Waals surface area contributed by atoms with Crippen molar-refractivity contribution in [1.82, 2.24) is 15.5 Å². The average Bonchev–Trinajstić information content (AvgIpc) is 2.93. The molecule has 0 fully saturated rings. The van der Waals surface area contributed by atoms with E-state index in [4.69, 9.17) is 4.74 Å². The topological polar surface area (TPSA) is 104 Å². The molecule has 1 unspecified atom stereocenters. The minimum Gasteiger partial charge on any atom is -0.480 e. The van der Waals surface area contributed by atoms with E-state index in [0.29, 0.717) is 11.3 Å². The average molecular weight is 410 g/mol. The van der Waals surface area contributed by atoms with Crippen LogP contribution < -0.4 is 5.32 Å². The molecule has 0 aliphatic heterocycles. The Morgan fingerprint density at radius 2 is 1.96 bits per heavy atom. The Balaban J connectivity index is 2.16. The zero-order valence-electron chi connectivity index (χ0n) is 14.2. The molecule has 0 radical (unpaired) electrons. The number of carbonyl (C=O) groups excluding carboxylic acids is 1. The molecule has 0 aliphatic carbocycles. The molecule has 7 nitrogen and oxygen atoms in total. The largest absolute Gasteiger partial charge is 0.480 e. The van der Waals surface area contributed by atoms with E-state index in [2.05, 4.69) is 31.4 Å². The second-order valence-electron chi connectivity index (χ2n) is 6.52. The van der Waals surface area contributed by atoms with Crippen LogP contribution in [0.4, 0.5) is 4.79 Å². The number of halogens is 1. The first kappa shape index (κ1) is 19.0. The third-order valence-corrected chi connectivity index (χ3v) is 3.79. The number of benzene rings is 1. The number of H-pyrrole nitrogens is 1. The summed E-state index contributed by atoms with van der Waals surface area (Å²) in [6, 6.07) is 6.42. The number of carboxylic acids is 1. The number of amides is 1. The minimum absolute atomic E-state index is 0.0798. The number of carboxylic acid groups (broad SMARTS) is 1. The summed E-state index contributed by atoms with van der Waals surface area (Å²) in [5, 5.41) is 18.7. The van der Waals surface area contributed by atoms with Gasteiger partial charge < -0.3 is 15.2 Å². The molecule has 1 atom stereocenters. The number of ether oxygens (including phenoxy) is 1. The summed E-state index contributed by atoms with van der Waals surface area (Å²) in [5.41, 5.74) is 1.57. The molecule has 0 aliphatic rings. The number of rotatable bonds is 5. The highest BCUT2D eigenvalue weighted by molar-refractivity contribution is 9.10. The Bertz CT molecular complexity index is 750. The van der Waals surface area contributed by atoms with E-state index in [1.807, 2.05) is 24.3 Å². The van der Waals surface area contributed by atoms with Crippen LogP contribution in [0, 0.1) is 0 Å². The number of nitrogens with zero attached hydrogens (tertiary/aromatic N) is 1. The summed E-state index contributed by atoms with van der Waals surface area (Å²) in [4.78, 5) is 23.4. The standard InChI is InChI=1S/C17H20BrN3O4/c1-17(2,3)25-16(24)20-13(15(22)23)8-11-9-19-21-14(11)10-4-6-12(18)7-5-10/h4-7,9,13H,8H2,1-3H3,(H,19,21)(H,20,24)(H,22,23). The number of nitrogens with one attached hydrogen (secondary N) is 2. The van der Waals surface area contributed by atoms with Gasteiger partial charge in [-0.05, 0) is 38.5 Å². The fraction of sp³-hybridized carbons (Fsp3) is 0.353. The van der Waals surface area contributed by atoms with Gasteiger partial charge in [0.15, 0.2) is 0 Å². The van der Waals surface area contributed by atoms with Crippen molar-refractivity contribution in [2.24, 2.45) is 0 Å². The summed E-state index contributed by atoms with van der Waals surface area (Å²) < 4.78 is 6.06. The molecule has 0 spiro atoms. The molecule has 2 aromatic rings. The van der Waals surface area contributed by atoms with Gasteiger partial charge in [0, 0.05) is 16.5 Å². The van der Waals surface area contributed by atoms with Gasteiger partial charge in [-0.25, -0.2) is 9.59 Å². The first-order chi connectivity index (χ1) is 11.7. The summed E-state index contributed by atoms with van der Waals surface area (Å²) in [7, 11) is 0. The van der Waals surface area contributed by atoms with Crippen molar-refractivity contribution in [3.8, 4) is 11.3 Å². The number of aliphatic carboxylic acids is 1. The maximum absolute atomic E-state index is 11.9. The van der Waals surface area contributed by atoms with Gasteiger partial charge in [-0.15, -0.1) is 0 Å². The fourth-order valence-electron chi connectivity index (χ4n) is 2.20. The quantitative estimate of drug-likeness (QED) is 0.701. The molecular formula is C17H20BrN3O4. The van der Waals surface area contributed by atoms with Gasteiger partial charge in [0.25, 0.3) is 0 Å². The van der Waals surface area contributed by atoms with Crippen molar-refractivity contribution >= 4 is 28.0 Å². The second kappa shape index (κ2) is 7.69. The van der Waals surface area contributed by atoms with Crippen molar-refractivity contribution in [3.05, 3.63) is 40.5 Å². The summed E-state index contributed by atoms with van der Waals surface area (Å²) in [6.45, 7) is 5.14. The van der Waals surface area contributed by atoms with Crippen molar-refractivity contribution in [2.45, 2.75) is 38.8 Å². The van der Waals surface area contributed by atoms with Gasteiger partial charge in [0.1, 0.15) is 11.6 Å². The third kappa shape index (κ3) is 5.60. The molecule has 3 N–H and O–H groups in total. The predicted molar refractivity (Wildman–Crippen MR) is 96.2 cm³/mol. The van der Waals surface area contributed by atoms with Crippen molar-refractivity contribution < 1.29 is 19.4 Å². The Morgan fingerprint density at radius 1 is 1.32 bits per heavy atom. The summed E-state index contributed by atoms with van der Waals surface area (Å²) >= 11 is 3.37. The van der Waals surface area contributed by atoms with Crippen LogP contribution >= 0.6 is 15.9 Å². The molecule has 134 valence electrons. The van der Waals surface area contributed by atoms with Crippen LogP contribution in [0.3, 0.4) is 0 Å². The lowest BCUT2D eigenvalue weighted by atomic mass is 10.0. The lowest BCUT2D eigenvalue weighted by Crippen LogP contribution is -2.44.